The predicted octanol–water partition coefficient (Wildman–Crippen LogP) is 0.393. The third-order valence-electron chi connectivity index (χ3n) is 2.99. The summed E-state index contributed by atoms with van der Waals surface area (Å²) in [6.45, 7) is -0.0711. The topological polar surface area (TPSA) is 126 Å². The van der Waals surface area contributed by atoms with Crippen molar-refractivity contribution in [1.82, 2.24) is 34.8 Å². The molecule has 10 nitrogen and oxygen atoms in total. The maximum atomic E-state index is 11.8. The van der Waals surface area contributed by atoms with E-state index in [0.717, 1.165) is 5.69 Å². The second kappa shape index (κ2) is 6.57. The summed E-state index contributed by atoms with van der Waals surface area (Å²) in [6, 6.07) is 5.05. The van der Waals surface area contributed by atoms with Crippen LogP contribution < -0.4 is 10.6 Å². The number of carbonyl (C=O) groups excluding carboxylic acids is 1. The maximum absolute atomic E-state index is 11.8. The first-order chi connectivity index (χ1) is 11.7. The molecule has 0 bridgehead atoms. The van der Waals surface area contributed by atoms with Crippen molar-refractivity contribution in [2.24, 2.45) is 7.05 Å². The zero-order valence-corrected chi connectivity index (χ0v) is 12.7. The Balaban J connectivity index is 1.78. The van der Waals surface area contributed by atoms with Gasteiger partial charge in [0.15, 0.2) is 11.5 Å². The van der Waals surface area contributed by atoms with Gasteiger partial charge in [0.05, 0.1) is 18.0 Å². The van der Waals surface area contributed by atoms with E-state index in [0.29, 0.717) is 11.8 Å². The number of rotatable bonds is 5. The highest BCUT2D eigenvalue weighted by Gasteiger charge is 2.10. The third-order valence-corrected chi connectivity index (χ3v) is 2.99. The SMILES string of the molecule is Cn1cc(Nc2nccc(-n3ccc(C(=O)NCC#N)n3)n2)cn1. The van der Waals surface area contributed by atoms with Gasteiger partial charge in [-0.25, -0.2) is 9.67 Å². The molecular weight excluding hydrogens is 310 g/mol. The molecule has 0 aliphatic heterocycles. The molecule has 2 N–H and O–H groups in total. The quantitative estimate of drug-likeness (QED) is 0.650. The molecule has 3 heterocycles. The summed E-state index contributed by atoms with van der Waals surface area (Å²) in [6.07, 6.45) is 6.64. The Kier molecular flexibility index (Phi) is 4.15. The highest BCUT2D eigenvalue weighted by atomic mass is 16.1. The van der Waals surface area contributed by atoms with Gasteiger partial charge in [0, 0.05) is 31.7 Å². The monoisotopic (exact) mass is 323 g/mol. The molecule has 10 heteroatoms. The Labute approximate surface area is 136 Å². The molecule has 0 atom stereocenters. The number of hydrogen-bond acceptors (Lipinski definition) is 7. The van der Waals surface area contributed by atoms with Gasteiger partial charge in [0.2, 0.25) is 5.95 Å². The fourth-order valence-corrected chi connectivity index (χ4v) is 1.93. The van der Waals surface area contributed by atoms with Gasteiger partial charge < -0.3 is 10.6 Å². The van der Waals surface area contributed by atoms with Crippen LogP contribution in [0.2, 0.25) is 0 Å². The number of carbonyl (C=O) groups is 1. The van der Waals surface area contributed by atoms with Crippen LogP contribution in [0.5, 0.6) is 0 Å². The summed E-state index contributed by atoms with van der Waals surface area (Å²) in [5.74, 6) is 0.459. The van der Waals surface area contributed by atoms with E-state index in [-0.39, 0.29) is 12.2 Å². The Morgan fingerprint density at radius 1 is 1.42 bits per heavy atom. The van der Waals surface area contributed by atoms with Crippen LogP contribution in [-0.2, 0) is 7.05 Å². The van der Waals surface area contributed by atoms with Gasteiger partial charge in [0.25, 0.3) is 5.91 Å². The van der Waals surface area contributed by atoms with E-state index in [1.165, 1.54) is 4.68 Å². The van der Waals surface area contributed by atoms with Gasteiger partial charge in [0.1, 0.15) is 6.54 Å². The van der Waals surface area contributed by atoms with E-state index < -0.39 is 5.91 Å². The smallest absolute Gasteiger partial charge is 0.272 e. The summed E-state index contributed by atoms with van der Waals surface area (Å²) >= 11 is 0. The second-order valence-electron chi connectivity index (χ2n) is 4.75. The molecule has 0 saturated heterocycles. The predicted molar refractivity (Wildman–Crippen MR) is 83.6 cm³/mol. The van der Waals surface area contributed by atoms with Crippen molar-refractivity contribution in [2.75, 3.05) is 11.9 Å². The fraction of sp³-hybridized carbons (Fsp3) is 0.143. The van der Waals surface area contributed by atoms with E-state index >= 15 is 0 Å². The minimum absolute atomic E-state index is 0.0711. The van der Waals surface area contributed by atoms with E-state index in [4.69, 9.17) is 5.26 Å². The molecule has 3 rings (SSSR count). The van der Waals surface area contributed by atoms with Crippen molar-refractivity contribution >= 4 is 17.5 Å². The molecule has 0 aliphatic rings. The van der Waals surface area contributed by atoms with Crippen molar-refractivity contribution < 1.29 is 4.79 Å². The Morgan fingerprint density at radius 2 is 2.29 bits per heavy atom. The first kappa shape index (κ1) is 15.2. The average molecular weight is 323 g/mol. The molecule has 0 saturated carbocycles. The molecular formula is C14H13N9O. The number of hydrogen-bond donors (Lipinski definition) is 2. The maximum Gasteiger partial charge on any atom is 0.272 e. The molecule has 3 aromatic heterocycles. The third kappa shape index (κ3) is 3.36. The molecule has 0 radical (unpaired) electrons. The van der Waals surface area contributed by atoms with Crippen LogP contribution in [0.15, 0.2) is 36.9 Å². The zero-order valence-electron chi connectivity index (χ0n) is 12.7. The largest absolute Gasteiger partial charge is 0.338 e. The van der Waals surface area contributed by atoms with E-state index in [9.17, 15) is 4.79 Å². The fourth-order valence-electron chi connectivity index (χ4n) is 1.93. The van der Waals surface area contributed by atoms with Crippen LogP contribution in [0.3, 0.4) is 0 Å². The standard InChI is InChI=1S/C14H13N9O/c1-22-9-10(8-18-22)19-14-17-5-2-12(20-14)23-7-3-11(21-23)13(24)16-6-4-15/h2-3,5,7-9H,6H2,1H3,(H,16,24)(H,17,19,20). The molecule has 0 aromatic carbocycles. The van der Waals surface area contributed by atoms with Crippen LogP contribution in [-0.4, -0.2) is 42.0 Å². The highest BCUT2D eigenvalue weighted by Crippen LogP contribution is 2.12. The summed E-state index contributed by atoms with van der Waals surface area (Å²) in [5, 5.41) is 22.1. The van der Waals surface area contributed by atoms with Crippen molar-refractivity contribution in [2.45, 2.75) is 0 Å². The number of aromatic nitrogens is 6. The molecule has 3 aromatic rings. The molecule has 0 unspecified atom stereocenters. The minimum atomic E-state index is -0.418. The summed E-state index contributed by atoms with van der Waals surface area (Å²) < 4.78 is 3.11. The lowest BCUT2D eigenvalue weighted by Crippen LogP contribution is -2.24. The van der Waals surface area contributed by atoms with Gasteiger partial charge in [-0.05, 0) is 6.07 Å². The van der Waals surface area contributed by atoms with Crippen LogP contribution in [0.25, 0.3) is 5.82 Å². The molecule has 120 valence electrons. The lowest BCUT2D eigenvalue weighted by Gasteiger charge is -2.04. The number of nitrogens with zero attached hydrogens (tertiary/aromatic N) is 7. The van der Waals surface area contributed by atoms with Gasteiger partial charge in [-0.1, -0.05) is 0 Å². The Morgan fingerprint density at radius 3 is 3.04 bits per heavy atom. The molecule has 0 aliphatic carbocycles. The van der Waals surface area contributed by atoms with Gasteiger partial charge in [-0.2, -0.15) is 20.4 Å². The van der Waals surface area contributed by atoms with Crippen molar-refractivity contribution in [3.8, 4) is 11.9 Å². The number of amides is 1. The number of nitrogens with one attached hydrogen (secondary N) is 2. The summed E-state index contributed by atoms with van der Waals surface area (Å²) in [5.41, 5.74) is 0.956. The Bertz CT molecular complexity index is 905. The lowest BCUT2D eigenvalue weighted by atomic mass is 10.4. The van der Waals surface area contributed by atoms with Crippen molar-refractivity contribution in [3.05, 3.63) is 42.6 Å². The molecule has 0 fully saturated rings. The first-order valence-electron chi connectivity index (χ1n) is 6.95. The Hall–Kier alpha value is -3.74. The van der Waals surface area contributed by atoms with Gasteiger partial charge >= 0.3 is 0 Å². The highest BCUT2D eigenvalue weighted by molar-refractivity contribution is 5.92. The van der Waals surface area contributed by atoms with E-state index in [1.54, 1.807) is 41.6 Å². The lowest BCUT2D eigenvalue weighted by molar-refractivity contribution is 0.0953. The van der Waals surface area contributed by atoms with Crippen LogP contribution in [0, 0.1) is 11.3 Å². The van der Waals surface area contributed by atoms with Gasteiger partial charge in [-0.3, -0.25) is 9.48 Å². The van der Waals surface area contributed by atoms with Crippen molar-refractivity contribution in [3.63, 3.8) is 0 Å². The minimum Gasteiger partial charge on any atom is -0.338 e. The average Bonchev–Trinajstić information content (AvgIpc) is 3.22. The molecule has 24 heavy (non-hydrogen) atoms. The van der Waals surface area contributed by atoms with E-state index in [2.05, 4.69) is 30.8 Å². The normalized spacial score (nSPS) is 10.2. The van der Waals surface area contributed by atoms with Crippen molar-refractivity contribution in [1.29, 1.82) is 5.26 Å². The number of anilines is 2. The molecule has 0 spiro atoms. The zero-order chi connectivity index (χ0) is 16.9. The molecule has 1 amide bonds. The first-order valence-corrected chi connectivity index (χ1v) is 6.95. The second-order valence-corrected chi connectivity index (χ2v) is 4.75. The van der Waals surface area contributed by atoms with Crippen LogP contribution >= 0.6 is 0 Å². The number of aryl methyl sites for hydroxylation is 1. The van der Waals surface area contributed by atoms with Crippen LogP contribution in [0.1, 0.15) is 10.5 Å². The summed E-state index contributed by atoms with van der Waals surface area (Å²) in [4.78, 5) is 20.2. The van der Waals surface area contributed by atoms with E-state index in [1.807, 2.05) is 13.1 Å². The number of nitriles is 1. The van der Waals surface area contributed by atoms with Crippen LogP contribution in [0.4, 0.5) is 11.6 Å². The summed E-state index contributed by atoms with van der Waals surface area (Å²) in [7, 11) is 1.81. The van der Waals surface area contributed by atoms with Gasteiger partial charge in [-0.15, -0.1) is 0 Å².